The number of benzene rings is 1. The maximum absolute atomic E-state index is 11.8. The molecule has 1 aromatic carbocycles. The van der Waals surface area contributed by atoms with Crippen LogP contribution in [0.1, 0.15) is 24.5 Å². The molecule has 1 aromatic rings. The monoisotopic (exact) mass is 337 g/mol. The largest absolute Gasteiger partial charge is 0.387 e. The second-order valence-electron chi connectivity index (χ2n) is 6.46. The number of aliphatic hydroxyl groups is 1. The van der Waals surface area contributed by atoms with Crippen LogP contribution in [0, 0.1) is 0 Å². The number of rotatable bonds is 6. The summed E-state index contributed by atoms with van der Waals surface area (Å²) in [4.78, 5) is 16.2. The van der Waals surface area contributed by atoms with Crippen molar-refractivity contribution in [2.24, 2.45) is 0 Å². The van der Waals surface area contributed by atoms with Crippen LogP contribution in [-0.4, -0.2) is 66.1 Å². The van der Waals surface area contributed by atoms with Gasteiger partial charge in [-0.2, -0.15) is 0 Å². The first-order valence-electron chi connectivity index (χ1n) is 8.28. The van der Waals surface area contributed by atoms with Crippen molar-refractivity contribution >= 4 is 17.5 Å². The third-order valence-electron chi connectivity index (χ3n) is 4.47. The van der Waals surface area contributed by atoms with Gasteiger partial charge >= 0.3 is 0 Å². The molecular formula is C17H24ClN3O2. The Morgan fingerprint density at radius 2 is 1.87 bits per heavy atom. The van der Waals surface area contributed by atoms with Crippen LogP contribution >= 0.6 is 11.6 Å². The zero-order valence-corrected chi connectivity index (χ0v) is 14.0. The summed E-state index contributed by atoms with van der Waals surface area (Å²) < 4.78 is 0. The fourth-order valence-corrected chi connectivity index (χ4v) is 3.18. The summed E-state index contributed by atoms with van der Waals surface area (Å²) in [7, 11) is 0. The minimum Gasteiger partial charge on any atom is -0.387 e. The number of β-amino-alcohol motifs (C(OH)–C–C–N with tert-alkyl or cyclic N) is 1. The summed E-state index contributed by atoms with van der Waals surface area (Å²) >= 11 is 6.13. The van der Waals surface area contributed by atoms with Gasteiger partial charge < -0.3 is 10.4 Å². The summed E-state index contributed by atoms with van der Waals surface area (Å²) in [6.07, 6.45) is 1.67. The molecule has 0 bridgehead atoms. The van der Waals surface area contributed by atoms with E-state index < -0.39 is 6.10 Å². The molecular weight excluding hydrogens is 314 g/mol. The van der Waals surface area contributed by atoms with E-state index in [4.69, 9.17) is 11.6 Å². The molecule has 2 N–H and O–H groups in total. The fourth-order valence-electron chi connectivity index (χ4n) is 2.92. The number of carbonyl (C=O) groups is 1. The van der Waals surface area contributed by atoms with Crippen molar-refractivity contribution in [3.05, 3.63) is 34.9 Å². The van der Waals surface area contributed by atoms with Gasteiger partial charge in [0, 0.05) is 49.4 Å². The summed E-state index contributed by atoms with van der Waals surface area (Å²) in [6.45, 7) is 4.49. The number of halogens is 1. The van der Waals surface area contributed by atoms with Gasteiger partial charge in [-0.3, -0.25) is 14.6 Å². The lowest BCUT2D eigenvalue weighted by Gasteiger charge is -2.35. The Bertz CT molecular complexity index is 542. The smallest absolute Gasteiger partial charge is 0.234 e. The molecule has 2 aliphatic rings. The number of hydrogen-bond acceptors (Lipinski definition) is 4. The van der Waals surface area contributed by atoms with Gasteiger partial charge in [-0.1, -0.05) is 29.8 Å². The molecule has 1 aliphatic carbocycles. The molecule has 1 amide bonds. The van der Waals surface area contributed by atoms with Crippen LogP contribution in [0.25, 0.3) is 0 Å². The van der Waals surface area contributed by atoms with Gasteiger partial charge in [0.05, 0.1) is 12.6 Å². The Morgan fingerprint density at radius 1 is 1.22 bits per heavy atom. The Hall–Kier alpha value is -1.14. The molecule has 126 valence electrons. The second kappa shape index (κ2) is 7.62. The lowest BCUT2D eigenvalue weighted by atomic mass is 10.1. The highest BCUT2D eigenvalue weighted by Gasteiger charge is 2.26. The molecule has 6 heteroatoms. The lowest BCUT2D eigenvalue weighted by molar-refractivity contribution is -0.122. The van der Waals surface area contributed by atoms with Crippen LogP contribution < -0.4 is 5.32 Å². The van der Waals surface area contributed by atoms with Gasteiger partial charge in [0.15, 0.2) is 0 Å². The first kappa shape index (κ1) is 16.7. The first-order chi connectivity index (χ1) is 11.1. The van der Waals surface area contributed by atoms with E-state index in [0.717, 1.165) is 44.6 Å². The van der Waals surface area contributed by atoms with Crippen LogP contribution in [0.15, 0.2) is 24.3 Å². The predicted octanol–water partition coefficient (Wildman–Crippen LogP) is 1.27. The number of aliphatic hydroxyl groups excluding tert-OH is 1. The molecule has 23 heavy (non-hydrogen) atoms. The van der Waals surface area contributed by atoms with Crippen molar-refractivity contribution in [3.8, 4) is 0 Å². The van der Waals surface area contributed by atoms with Crippen LogP contribution in [-0.2, 0) is 4.79 Å². The van der Waals surface area contributed by atoms with Gasteiger partial charge in [0.1, 0.15) is 0 Å². The van der Waals surface area contributed by atoms with Crippen molar-refractivity contribution in [1.29, 1.82) is 0 Å². The Labute approximate surface area is 142 Å². The maximum Gasteiger partial charge on any atom is 0.234 e. The summed E-state index contributed by atoms with van der Waals surface area (Å²) in [6, 6.07) is 7.85. The van der Waals surface area contributed by atoms with E-state index in [9.17, 15) is 9.90 Å². The van der Waals surface area contributed by atoms with E-state index in [2.05, 4.69) is 15.1 Å². The number of nitrogens with one attached hydrogen (secondary N) is 1. The molecule has 5 nitrogen and oxygen atoms in total. The van der Waals surface area contributed by atoms with Crippen LogP contribution in [0.4, 0.5) is 0 Å². The Balaban J connectivity index is 1.42. The zero-order valence-electron chi connectivity index (χ0n) is 13.2. The molecule has 1 unspecified atom stereocenters. The third kappa shape index (κ3) is 4.91. The molecule has 0 spiro atoms. The van der Waals surface area contributed by atoms with E-state index >= 15 is 0 Å². The first-order valence-corrected chi connectivity index (χ1v) is 8.66. The lowest BCUT2D eigenvalue weighted by Crippen LogP contribution is -2.50. The van der Waals surface area contributed by atoms with E-state index in [0.29, 0.717) is 24.2 Å². The molecule has 0 radical (unpaired) electrons. The predicted molar refractivity (Wildman–Crippen MR) is 90.5 cm³/mol. The molecule has 1 saturated carbocycles. The number of hydrogen-bond donors (Lipinski definition) is 2. The second-order valence-corrected chi connectivity index (χ2v) is 6.86. The quantitative estimate of drug-likeness (QED) is 0.821. The number of piperazine rings is 1. The topological polar surface area (TPSA) is 55.8 Å². The minimum absolute atomic E-state index is 0.136. The van der Waals surface area contributed by atoms with E-state index in [-0.39, 0.29) is 5.91 Å². The van der Waals surface area contributed by atoms with Crippen molar-refractivity contribution in [2.75, 3.05) is 39.3 Å². The van der Waals surface area contributed by atoms with Crippen molar-refractivity contribution in [2.45, 2.75) is 25.0 Å². The molecule has 1 aliphatic heterocycles. The number of nitrogens with zero attached hydrogens (tertiary/aromatic N) is 2. The van der Waals surface area contributed by atoms with Crippen LogP contribution in [0.2, 0.25) is 5.02 Å². The normalized spacial score (nSPS) is 21.1. The fraction of sp³-hybridized carbons (Fsp3) is 0.588. The van der Waals surface area contributed by atoms with Gasteiger partial charge in [-0.05, 0) is 18.9 Å². The molecule has 1 saturated heterocycles. The average molecular weight is 338 g/mol. The van der Waals surface area contributed by atoms with Crippen molar-refractivity contribution in [3.63, 3.8) is 0 Å². The SMILES string of the molecule is O=C(CN1CCN(CC(O)c2ccccc2Cl)CC1)NC1CC1. The van der Waals surface area contributed by atoms with Gasteiger partial charge in [0.2, 0.25) is 5.91 Å². The highest BCUT2D eigenvalue weighted by Crippen LogP contribution is 2.23. The molecule has 1 heterocycles. The third-order valence-corrected chi connectivity index (χ3v) is 4.81. The number of carbonyl (C=O) groups excluding carboxylic acids is 1. The van der Waals surface area contributed by atoms with Gasteiger partial charge in [-0.15, -0.1) is 0 Å². The van der Waals surface area contributed by atoms with Crippen molar-refractivity contribution in [1.82, 2.24) is 15.1 Å². The summed E-state index contributed by atoms with van der Waals surface area (Å²) in [5.74, 6) is 0.136. The summed E-state index contributed by atoms with van der Waals surface area (Å²) in [5, 5.41) is 14.0. The zero-order chi connectivity index (χ0) is 16.2. The summed E-state index contributed by atoms with van der Waals surface area (Å²) in [5.41, 5.74) is 0.778. The standard InChI is InChI=1S/C17H24ClN3O2/c18-15-4-2-1-3-14(15)16(22)11-20-7-9-21(10-8-20)12-17(23)19-13-5-6-13/h1-4,13,16,22H,5-12H2,(H,19,23). The van der Waals surface area contributed by atoms with E-state index in [1.807, 2.05) is 18.2 Å². The van der Waals surface area contributed by atoms with E-state index in [1.165, 1.54) is 0 Å². The molecule has 1 atom stereocenters. The Kier molecular flexibility index (Phi) is 5.54. The minimum atomic E-state index is -0.576. The van der Waals surface area contributed by atoms with Crippen LogP contribution in [0.5, 0.6) is 0 Å². The average Bonchev–Trinajstić information content (AvgIpc) is 3.33. The van der Waals surface area contributed by atoms with Gasteiger partial charge in [0.25, 0.3) is 0 Å². The van der Waals surface area contributed by atoms with Crippen molar-refractivity contribution < 1.29 is 9.90 Å². The number of amides is 1. The molecule has 2 fully saturated rings. The Morgan fingerprint density at radius 3 is 2.52 bits per heavy atom. The van der Waals surface area contributed by atoms with E-state index in [1.54, 1.807) is 6.07 Å². The van der Waals surface area contributed by atoms with Gasteiger partial charge in [-0.25, -0.2) is 0 Å². The molecule has 0 aromatic heterocycles. The highest BCUT2D eigenvalue weighted by molar-refractivity contribution is 6.31. The van der Waals surface area contributed by atoms with Crippen LogP contribution in [0.3, 0.4) is 0 Å². The molecule has 3 rings (SSSR count). The maximum atomic E-state index is 11.8. The highest BCUT2D eigenvalue weighted by atomic mass is 35.5.